The molecule has 0 spiro atoms. The minimum atomic E-state index is -4.27. The van der Waals surface area contributed by atoms with Crippen LogP contribution in [0.3, 0.4) is 0 Å². The summed E-state index contributed by atoms with van der Waals surface area (Å²) >= 11 is 0. The van der Waals surface area contributed by atoms with Crippen LogP contribution in [0.4, 0.5) is 0 Å². The molecule has 2 saturated heterocycles. The van der Waals surface area contributed by atoms with E-state index in [9.17, 15) is 18.0 Å². The van der Waals surface area contributed by atoms with Crippen molar-refractivity contribution in [2.75, 3.05) is 13.7 Å². The number of rotatable bonds is 8. The van der Waals surface area contributed by atoms with E-state index in [1.54, 1.807) is 13.8 Å². The molecule has 4 atom stereocenters. The number of nitrogens with zero attached hydrogens (tertiary/aromatic N) is 1. The van der Waals surface area contributed by atoms with Crippen molar-refractivity contribution < 1.29 is 41.8 Å². The number of methoxy groups -OCH3 is 1. The first-order chi connectivity index (χ1) is 17.5. The number of carbonyl (C=O) groups excluding carboxylic acids is 2. The van der Waals surface area contributed by atoms with Gasteiger partial charge in [0.2, 0.25) is 10.0 Å². The number of sulfonamides is 1. The van der Waals surface area contributed by atoms with Crippen LogP contribution in [0, 0.1) is 0 Å². The third-order valence-corrected chi connectivity index (χ3v) is 7.88. The summed E-state index contributed by atoms with van der Waals surface area (Å²) in [6.07, 6.45) is -2.97. The quantitative estimate of drug-likeness (QED) is 0.398. The molecule has 1 amide bonds. The monoisotopic (exact) mass is 534 g/mol. The average Bonchev–Trinajstić information content (AvgIpc) is 3.19. The van der Waals surface area contributed by atoms with E-state index >= 15 is 0 Å². The molecule has 0 saturated carbocycles. The van der Waals surface area contributed by atoms with Crippen LogP contribution in [0.15, 0.2) is 59.5 Å². The molecular weight excluding hydrogens is 504 g/mol. The Morgan fingerprint density at radius 2 is 1.70 bits per heavy atom. The number of ether oxygens (including phenoxy) is 4. The molecule has 0 aliphatic carbocycles. The first-order valence-electron chi connectivity index (χ1n) is 11.7. The summed E-state index contributed by atoms with van der Waals surface area (Å²) in [5, 5.41) is 0. The maximum absolute atomic E-state index is 13.8. The number of benzene rings is 2. The lowest BCUT2D eigenvalue weighted by Crippen LogP contribution is -2.66. The van der Waals surface area contributed by atoms with Crippen molar-refractivity contribution in [3.05, 3.63) is 60.2 Å². The lowest BCUT2D eigenvalue weighted by molar-refractivity contribution is -0.169. The Balaban J connectivity index is 1.67. The van der Waals surface area contributed by atoms with E-state index in [1.807, 2.05) is 30.3 Å². The van der Waals surface area contributed by atoms with Gasteiger partial charge in [-0.2, -0.15) is 4.31 Å². The first kappa shape index (κ1) is 27.0. The number of amides is 1. The van der Waals surface area contributed by atoms with Crippen LogP contribution in [0.5, 0.6) is 5.75 Å². The highest BCUT2D eigenvalue weighted by atomic mass is 32.2. The molecule has 2 aliphatic heterocycles. The second kappa shape index (κ2) is 10.8. The number of esters is 1. The summed E-state index contributed by atoms with van der Waals surface area (Å²) in [7, 11) is -2.80. The van der Waals surface area contributed by atoms with Crippen LogP contribution in [-0.2, 0) is 45.3 Å². The number of hydrogen-bond donors (Lipinski definition) is 1. The maximum Gasteiger partial charge on any atom is 0.303 e. The van der Waals surface area contributed by atoms with Crippen LogP contribution >= 0.6 is 0 Å². The van der Waals surface area contributed by atoms with Crippen LogP contribution in [0.25, 0.3) is 0 Å². The molecule has 0 radical (unpaired) electrons. The van der Waals surface area contributed by atoms with E-state index in [-0.39, 0.29) is 18.0 Å². The van der Waals surface area contributed by atoms with E-state index in [0.717, 1.165) is 9.87 Å². The molecule has 0 bridgehead atoms. The van der Waals surface area contributed by atoms with Gasteiger partial charge in [-0.3, -0.25) is 14.4 Å². The lowest BCUT2D eigenvalue weighted by atomic mass is 9.95. The van der Waals surface area contributed by atoms with Crippen LogP contribution in [-0.4, -0.2) is 68.4 Å². The van der Waals surface area contributed by atoms with Gasteiger partial charge >= 0.3 is 5.97 Å². The van der Waals surface area contributed by atoms with E-state index in [0.29, 0.717) is 5.75 Å². The molecule has 200 valence electrons. The minimum Gasteiger partial charge on any atom is -0.497 e. The predicted molar refractivity (Wildman–Crippen MR) is 129 cm³/mol. The third-order valence-electron chi connectivity index (χ3n) is 6.02. The van der Waals surface area contributed by atoms with Gasteiger partial charge in [0.25, 0.3) is 5.91 Å². The van der Waals surface area contributed by atoms with E-state index in [1.165, 1.54) is 38.3 Å². The summed E-state index contributed by atoms with van der Waals surface area (Å²) in [5.41, 5.74) is 3.17. The number of hydroxylamine groups is 1. The molecule has 2 aliphatic rings. The molecule has 2 aromatic carbocycles. The van der Waals surface area contributed by atoms with Crippen molar-refractivity contribution in [1.29, 1.82) is 0 Å². The number of piperidine rings is 1. The number of hydrogen-bond acceptors (Lipinski definition) is 9. The van der Waals surface area contributed by atoms with E-state index in [2.05, 4.69) is 5.48 Å². The van der Waals surface area contributed by atoms with Gasteiger partial charge in [0, 0.05) is 6.92 Å². The Morgan fingerprint density at radius 3 is 2.32 bits per heavy atom. The highest BCUT2D eigenvalue weighted by Crippen LogP contribution is 2.39. The molecule has 37 heavy (non-hydrogen) atoms. The van der Waals surface area contributed by atoms with Crippen molar-refractivity contribution in [2.24, 2.45) is 0 Å². The molecule has 12 heteroatoms. The molecule has 0 aromatic heterocycles. The molecule has 11 nitrogen and oxygen atoms in total. The Hall–Kier alpha value is -3.03. The topological polar surface area (TPSA) is 130 Å². The molecule has 4 rings (SSSR count). The normalized spacial score (nSPS) is 25.2. The van der Waals surface area contributed by atoms with Crippen LogP contribution < -0.4 is 10.2 Å². The predicted octanol–water partition coefficient (Wildman–Crippen LogP) is 1.77. The van der Waals surface area contributed by atoms with Crippen molar-refractivity contribution in [3.63, 3.8) is 0 Å². The SMILES string of the molecule is COc1ccc(S(=O)(=O)N2CC(OC(C)=O)[C@H]3OC(C)(C)O[C@@H]3[C@@H]2C(=O)NOCc2ccccc2)cc1. The highest BCUT2D eigenvalue weighted by molar-refractivity contribution is 7.89. The Kier molecular flexibility index (Phi) is 7.85. The summed E-state index contributed by atoms with van der Waals surface area (Å²) < 4.78 is 51.1. The molecule has 2 fully saturated rings. The first-order valence-corrected chi connectivity index (χ1v) is 13.1. The third kappa shape index (κ3) is 5.94. The molecule has 1 unspecified atom stereocenters. The fraction of sp³-hybridized carbons (Fsp3) is 0.440. The zero-order valence-corrected chi connectivity index (χ0v) is 21.8. The molecular formula is C25H30N2O9S. The highest BCUT2D eigenvalue weighted by Gasteiger charge is 2.59. The average molecular weight is 535 g/mol. The van der Waals surface area contributed by atoms with Crippen molar-refractivity contribution in [2.45, 2.75) is 62.4 Å². The van der Waals surface area contributed by atoms with Crippen LogP contribution in [0.1, 0.15) is 26.3 Å². The zero-order chi connectivity index (χ0) is 26.8. The molecule has 2 aromatic rings. The standard InChI is InChI=1S/C25H30N2O9S/c1-16(28)34-20-14-27(37(30,31)19-12-10-18(32-4)11-13-19)21(23-22(20)35-25(2,3)36-23)24(29)26-33-15-17-8-6-5-7-9-17/h5-13,20-23H,14-15H2,1-4H3,(H,26,29)/t20?,21-,22-,23-/m1/s1. The fourth-order valence-corrected chi connectivity index (χ4v) is 6.07. The minimum absolute atomic E-state index is 0.0670. The van der Waals surface area contributed by atoms with Gasteiger partial charge in [-0.05, 0) is 43.7 Å². The van der Waals surface area contributed by atoms with Gasteiger partial charge in [-0.15, -0.1) is 0 Å². The zero-order valence-electron chi connectivity index (χ0n) is 20.9. The van der Waals surface area contributed by atoms with Gasteiger partial charge in [0.15, 0.2) is 5.79 Å². The number of carbonyl (C=O) groups is 2. The maximum atomic E-state index is 13.8. The van der Waals surface area contributed by atoms with E-state index in [4.69, 9.17) is 23.8 Å². The fourth-order valence-electron chi connectivity index (χ4n) is 4.46. The largest absolute Gasteiger partial charge is 0.497 e. The number of fused-ring (bicyclic) bond motifs is 1. The summed E-state index contributed by atoms with van der Waals surface area (Å²) in [5.74, 6) is -2.05. The van der Waals surface area contributed by atoms with Gasteiger partial charge in [-0.1, -0.05) is 30.3 Å². The molecule has 1 N–H and O–H groups in total. The smallest absolute Gasteiger partial charge is 0.303 e. The summed E-state index contributed by atoms with van der Waals surface area (Å²) in [6.45, 7) is 4.23. The Morgan fingerprint density at radius 1 is 1.05 bits per heavy atom. The van der Waals surface area contributed by atoms with Gasteiger partial charge < -0.3 is 18.9 Å². The lowest BCUT2D eigenvalue weighted by Gasteiger charge is -2.42. The van der Waals surface area contributed by atoms with Crippen molar-refractivity contribution >= 4 is 21.9 Å². The van der Waals surface area contributed by atoms with Gasteiger partial charge in [-0.25, -0.2) is 13.9 Å². The number of nitrogens with one attached hydrogen (secondary N) is 1. The van der Waals surface area contributed by atoms with Gasteiger partial charge in [0.1, 0.15) is 30.1 Å². The summed E-state index contributed by atoms with van der Waals surface area (Å²) in [4.78, 5) is 30.6. The molecule has 2 heterocycles. The van der Waals surface area contributed by atoms with Gasteiger partial charge in [0.05, 0.1) is 25.2 Å². The van der Waals surface area contributed by atoms with E-state index < -0.39 is 52.0 Å². The van der Waals surface area contributed by atoms with Crippen molar-refractivity contribution in [3.8, 4) is 5.75 Å². The summed E-state index contributed by atoms with van der Waals surface area (Å²) in [6, 6.07) is 13.5. The van der Waals surface area contributed by atoms with Crippen molar-refractivity contribution in [1.82, 2.24) is 9.79 Å². The van der Waals surface area contributed by atoms with Crippen LogP contribution in [0.2, 0.25) is 0 Å². The second-order valence-corrected chi connectivity index (χ2v) is 11.0. The Labute approximate surface area is 215 Å². The second-order valence-electron chi connectivity index (χ2n) is 9.15. The Bertz CT molecular complexity index is 1220.